The number of carbonyl (C=O) groups excluding carboxylic acids is 2. The van der Waals surface area contributed by atoms with E-state index in [1.54, 1.807) is 0 Å². The minimum atomic E-state index is -0.415. The van der Waals surface area contributed by atoms with Crippen LogP contribution in [0.5, 0.6) is 0 Å². The van der Waals surface area contributed by atoms with Gasteiger partial charge >= 0.3 is 0 Å². The molecule has 1 amide bonds. The molecule has 3 nitrogen and oxygen atoms in total. The minimum Gasteiger partial charge on any atom is -0.349 e. The summed E-state index contributed by atoms with van der Waals surface area (Å²) in [5.74, 6) is -0.285. The summed E-state index contributed by atoms with van der Waals surface area (Å²) in [7, 11) is 0. The highest BCUT2D eigenvalue weighted by Gasteiger charge is 2.52. The molecule has 3 aliphatic rings. The summed E-state index contributed by atoms with van der Waals surface area (Å²) >= 11 is 0. The van der Waals surface area contributed by atoms with Crippen LogP contribution in [0.25, 0.3) is 0 Å². The van der Waals surface area contributed by atoms with Gasteiger partial charge < -0.3 is 10.1 Å². The van der Waals surface area contributed by atoms with Crippen LogP contribution in [0.15, 0.2) is 11.1 Å². The summed E-state index contributed by atoms with van der Waals surface area (Å²) in [6, 6.07) is 0.142. The van der Waals surface area contributed by atoms with Crippen molar-refractivity contribution in [3.8, 4) is 0 Å². The van der Waals surface area contributed by atoms with Crippen LogP contribution < -0.4 is 5.32 Å². The van der Waals surface area contributed by atoms with Crippen LogP contribution in [0, 0.1) is 17.3 Å². The summed E-state index contributed by atoms with van der Waals surface area (Å²) in [5.41, 5.74) is 3.15. The molecule has 17 heavy (non-hydrogen) atoms. The van der Waals surface area contributed by atoms with Crippen LogP contribution in [0.1, 0.15) is 39.5 Å². The van der Waals surface area contributed by atoms with Crippen molar-refractivity contribution in [1.82, 2.24) is 5.32 Å². The number of carbonyl (C=O) groups is 2. The van der Waals surface area contributed by atoms with Gasteiger partial charge in [0.05, 0.1) is 12.0 Å². The third kappa shape index (κ3) is 1.41. The number of allylic oxidation sites excluding steroid dienone is 1. The van der Waals surface area contributed by atoms with Gasteiger partial charge in [0.2, 0.25) is 5.91 Å². The fourth-order valence-electron chi connectivity index (χ4n) is 4.08. The lowest BCUT2D eigenvalue weighted by atomic mass is 9.72. The molecule has 1 saturated heterocycles. The number of fused-ring (bicyclic) bond motifs is 2. The van der Waals surface area contributed by atoms with Crippen LogP contribution in [0.4, 0.5) is 0 Å². The Morgan fingerprint density at radius 2 is 2.18 bits per heavy atom. The third-order valence-electron chi connectivity index (χ3n) is 4.82. The Labute approximate surface area is 102 Å². The van der Waals surface area contributed by atoms with E-state index in [1.165, 1.54) is 24.0 Å². The summed E-state index contributed by atoms with van der Waals surface area (Å²) in [5, 5.41) is 3.04. The number of hydrogen-bond acceptors (Lipinski definition) is 2. The van der Waals surface area contributed by atoms with Crippen molar-refractivity contribution in [2.45, 2.75) is 45.6 Å². The lowest BCUT2D eigenvalue weighted by Crippen LogP contribution is -2.35. The zero-order valence-electron chi connectivity index (χ0n) is 10.5. The predicted octanol–water partition coefficient (Wildman–Crippen LogP) is 1.83. The summed E-state index contributed by atoms with van der Waals surface area (Å²) in [6.45, 7) is 4.54. The maximum absolute atomic E-state index is 11.7. The van der Waals surface area contributed by atoms with Crippen molar-refractivity contribution >= 4 is 12.2 Å². The highest BCUT2D eigenvalue weighted by atomic mass is 16.2. The zero-order valence-corrected chi connectivity index (χ0v) is 10.5. The van der Waals surface area contributed by atoms with Gasteiger partial charge in [0.1, 0.15) is 6.29 Å². The maximum atomic E-state index is 11.7. The second kappa shape index (κ2) is 3.44. The van der Waals surface area contributed by atoms with Gasteiger partial charge in [0.15, 0.2) is 0 Å². The highest BCUT2D eigenvalue weighted by Crippen LogP contribution is 2.52. The van der Waals surface area contributed by atoms with Crippen molar-refractivity contribution in [1.29, 1.82) is 0 Å². The van der Waals surface area contributed by atoms with E-state index in [0.717, 1.165) is 19.1 Å². The van der Waals surface area contributed by atoms with E-state index in [9.17, 15) is 9.59 Å². The average Bonchev–Trinajstić information content (AvgIpc) is 2.71. The van der Waals surface area contributed by atoms with Gasteiger partial charge in [-0.25, -0.2) is 0 Å². The maximum Gasteiger partial charge on any atom is 0.231 e. The molecule has 1 fully saturated rings. The van der Waals surface area contributed by atoms with Gasteiger partial charge in [0.25, 0.3) is 0 Å². The summed E-state index contributed by atoms with van der Waals surface area (Å²) in [6.07, 6.45) is 5.38. The van der Waals surface area contributed by atoms with Crippen molar-refractivity contribution in [2.75, 3.05) is 0 Å². The molecule has 3 heteroatoms. The van der Waals surface area contributed by atoms with Crippen LogP contribution in [0.2, 0.25) is 0 Å². The van der Waals surface area contributed by atoms with Crippen molar-refractivity contribution < 1.29 is 9.59 Å². The standard InChI is InChI=1S/C14H19NO2/c1-14(2)5-3-4-8-6-9-10(7-16)13(17)15-12(9)11(8)14/h7,9-10,12H,3-6H2,1-2H3,(H,15,17). The van der Waals surface area contributed by atoms with Crippen LogP contribution in [-0.2, 0) is 9.59 Å². The van der Waals surface area contributed by atoms with E-state index < -0.39 is 5.92 Å². The Balaban J connectivity index is 1.99. The van der Waals surface area contributed by atoms with E-state index in [0.29, 0.717) is 0 Å². The van der Waals surface area contributed by atoms with Crippen molar-refractivity contribution in [3.63, 3.8) is 0 Å². The highest BCUT2D eigenvalue weighted by molar-refractivity contribution is 5.95. The number of amides is 1. The van der Waals surface area contributed by atoms with Crippen molar-refractivity contribution in [3.05, 3.63) is 11.1 Å². The minimum absolute atomic E-state index is 0.0667. The summed E-state index contributed by atoms with van der Waals surface area (Å²) in [4.78, 5) is 22.8. The molecular formula is C14H19NO2. The molecule has 2 aliphatic carbocycles. The molecule has 1 N–H and O–H groups in total. The average molecular weight is 233 g/mol. The van der Waals surface area contributed by atoms with Crippen LogP contribution >= 0.6 is 0 Å². The van der Waals surface area contributed by atoms with Gasteiger partial charge in [-0.3, -0.25) is 4.79 Å². The Bertz CT molecular complexity index is 422. The lowest BCUT2D eigenvalue weighted by molar-refractivity contribution is -0.127. The lowest BCUT2D eigenvalue weighted by Gasteiger charge is -2.35. The second-order valence-electron chi connectivity index (χ2n) is 6.27. The smallest absolute Gasteiger partial charge is 0.231 e. The largest absolute Gasteiger partial charge is 0.349 e. The molecule has 0 bridgehead atoms. The molecule has 0 saturated carbocycles. The molecule has 3 atom stereocenters. The molecule has 3 rings (SSSR count). The van der Waals surface area contributed by atoms with Gasteiger partial charge in [-0.2, -0.15) is 0 Å². The van der Waals surface area contributed by atoms with E-state index in [4.69, 9.17) is 0 Å². The SMILES string of the molecule is CC1(C)CCCC2=C1C1NC(=O)C(C=O)C1C2. The topological polar surface area (TPSA) is 46.2 Å². The predicted molar refractivity (Wildman–Crippen MR) is 64.2 cm³/mol. The Kier molecular flexibility index (Phi) is 2.22. The Morgan fingerprint density at radius 1 is 1.41 bits per heavy atom. The molecule has 1 aliphatic heterocycles. The molecule has 0 aromatic rings. The molecule has 3 unspecified atom stereocenters. The zero-order chi connectivity index (χ0) is 12.2. The fourth-order valence-corrected chi connectivity index (χ4v) is 4.08. The first kappa shape index (κ1) is 11.0. The molecule has 0 aromatic heterocycles. The third-order valence-corrected chi connectivity index (χ3v) is 4.82. The first-order chi connectivity index (χ1) is 8.04. The first-order valence-corrected chi connectivity index (χ1v) is 6.52. The molecule has 0 radical (unpaired) electrons. The van der Waals surface area contributed by atoms with E-state index in [2.05, 4.69) is 19.2 Å². The molecule has 1 heterocycles. The fraction of sp³-hybridized carbons (Fsp3) is 0.714. The van der Waals surface area contributed by atoms with Gasteiger partial charge in [-0.1, -0.05) is 19.4 Å². The van der Waals surface area contributed by atoms with Crippen molar-refractivity contribution in [2.24, 2.45) is 17.3 Å². The molecule has 0 aromatic carbocycles. The second-order valence-corrected chi connectivity index (χ2v) is 6.27. The number of aldehydes is 1. The molecule has 0 spiro atoms. The first-order valence-electron chi connectivity index (χ1n) is 6.52. The number of hydrogen-bond donors (Lipinski definition) is 1. The summed E-state index contributed by atoms with van der Waals surface area (Å²) < 4.78 is 0. The van der Waals surface area contributed by atoms with Gasteiger partial charge in [-0.05, 0) is 36.7 Å². The van der Waals surface area contributed by atoms with Crippen LogP contribution in [-0.4, -0.2) is 18.2 Å². The van der Waals surface area contributed by atoms with Crippen LogP contribution in [0.3, 0.4) is 0 Å². The Morgan fingerprint density at radius 3 is 2.88 bits per heavy atom. The van der Waals surface area contributed by atoms with Gasteiger partial charge in [-0.15, -0.1) is 0 Å². The van der Waals surface area contributed by atoms with E-state index >= 15 is 0 Å². The quantitative estimate of drug-likeness (QED) is 0.426. The number of rotatable bonds is 1. The Hall–Kier alpha value is -1.12. The van der Waals surface area contributed by atoms with Gasteiger partial charge in [0, 0.05) is 5.92 Å². The monoisotopic (exact) mass is 233 g/mol. The number of nitrogens with one attached hydrogen (secondary N) is 1. The van der Waals surface area contributed by atoms with E-state index in [-0.39, 0.29) is 23.3 Å². The molecular weight excluding hydrogens is 214 g/mol. The van der Waals surface area contributed by atoms with E-state index in [1.807, 2.05) is 0 Å². The molecule has 92 valence electrons. The normalized spacial score (nSPS) is 38.7.